The molecule has 1 N–H and O–H groups in total. The molecule has 3 aromatic heterocycles. The number of alkyl halides is 3. The number of nitrogens with zero attached hydrogens (tertiary/aromatic N) is 4. The number of benzene rings is 1. The quantitative estimate of drug-likeness (QED) is 0.388. The molecule has 4 aromatic rings. The molecule has 1 atom stereocenters. The highest BCUT2D eigenvalue weighted by molar-refractivity contribution is 6.30. The number of imidazole rings is 2. The number of fused-ring (bicyclic) bond motifs is 1. The van der Waals surface area contributed by atoms with Crippen LogP contribution in [0.5, 0.6) is 5.88 Å². The molecule has 0 saturated heterocycles. The van der Waals surface area contributed by atoms with Crippen LogP contribution in [0.1, 0.15) is 41.4 Å². The van der Waals surface area contributed by atoms with E-state index in [1.165, 1.54) is 12.1 Å². The van der Waals surface area contributed by atoms with Gasteiger partial charge in [0.1, 0.15) is 23.4 Å². The minimum atomic E-state index is -4.50. The summed E-state index contributed by atoms with van der Waals surface area (Å²) in [5.74, 6) is 0.520. The number of hydrogen-bond acceptors (Lipinski definition) is 3. The number of ether oxygens (including phenoxy) is 1. The topological polar surface area (TPSA) is 59.6 Å². The minimum absolute atomic E-state index is 0.0581. The number of aromatic nitrogens is 5. The molecule has 0 aliphatic carbocycles. The number of aryl methyl sites for hydroxylation is 2. The van der Waals surface area contributed by atoms with E-state index >= 15 is 0 Å². The molecule has 5 rings (SSSR count). The highest BCUT2D eigenvalue weighted by Crippen LogP contribution is 2.42. The zero-order valence-electron chi connectivity index (χ0n) is 18.5. The molecule has 4 heterocycles. The third kappa shape index (κ3) is 4.04. The van der Waals surface area contributed by atoms with Crippen LogP contribution in [0.2, 0.25) is 5.02 Å². The average Bonchev–Trinajstić information content (AvgIpc) is 3.44. The predicted molar refractivity (Wildman–Crippen MR) is 120 cm³/mol. The summed E-state index contributed by atoms with van der Waals surface area (Å²) in [5, 5.41) is 0.0581. The van der Waals surface area contributed by atoms with Crippen LogP contribution >= 0.6 is 11.6 Å². The third-order valence-electron chi connectivity index (χ3n) is 6.05. The fraction of sp³-hybridized carbons (Fsp3) is 0.292. The second-order valence-corrected chi connectivity index (χ2v) is 8.76. The molecule has 10 heteroatoms. The molecule has 0 radical (unpaired) electrons. The summed E-state index contributed by atoms with van der Waals surface area (Å²) < 4.78 is 50.6. The van der Waals surface area contributed by atoms with Crippen molar-refractivity contribution in [3.8, 4) is 23.0 Å². The molecule has 34 heavy (non-hydrogen) atoms. The van der Waals surface area contributed by atoms with Gasteiger partial charge in [-0.25, -0.2) is 15.0 Å². The molecule has 1 aromatic carbocycles. The predicted octanol–water partition coefficient (Wildman–Crippen LogP) is 5.46. The number of pyridine rings is 1. The van der Waals surface area contributed by atoms with Gasteiger partial charge in [-0.15, -0.1) is 0 Å². The second kappa shape index (κ2) is 8.47. The largest absolute Gasteiger partial charge is 0.478 e. The van der Waals surface area contributed by atoms with Crippen molar-refractivity contribution in [2.75, 3.05) is 7.11 Å². The lowest BCUT2D eigenvalue weighted by Crippen LogP contribution is -2.28. The van der Waals surface area contributed by atoms with Crippen LogP contribution in [0.15, 0.2) is 49.1 Å². The Hall–Kier alpha value is -3.33. The van der Waals surface area contributed by atoms with Crippen molar-refractivity contribution in [2.45, 2.75) is 38.4 Å². The molecule has 1 aliphatic heterocycles. The van der Waals surface area contributed by atoms with Crippen molar-refractivity contribution >= 4 is 11.6 Å². The molecule has 0 amide bonds. The highest BCUT2D eigenvalue weighted by Gasteiger charge is 2.37. The van der Waals surface area contributed by atoms with Crippen molar-refractivity contribution in [1.82, 2.24) is 19.5 Å². The van der Waals surface area contributed by atoms with Gasteiger partial charge in [-0.05, 0) is 42.7 Å². The van der Waals surface area contributed by atoms with Crippen LogP contribution in [0.25, 0.3) is 17.1 Å². The van der Waals surface area contributed by atoms with Crippen molar-refractivity contribution in [2.24, 2.45) is 0 Å². The van der Waals surface area contributed by atoms with Crippen LogP contribution in [0.3, 0.4) is 0 Å². The van der Waals surface area contributed by atoms with E-state index in [4.69, 9.17) is 21.3 Å². The highest BCUT2D eigenvalue weighted by atomic mass is 35.5. The summed E-state index contributed by atoms with van der Waals surface area (Å²) in [6.07, 6.45) is 2.38. The Labute approximate surface area is 199 Å². The lowest BCUT2D eigenvalue weighted by Gasteiger charge is -2.26. The standard InChI is InChI=1S/C24H21ClF3N5O/c1-14-11-33(13-29-14)21-8-7-19(31-23(21)34-2)20-12-32-9-3-4-17(22(32)30-20)16-6-5-15(25)10-18(16)24(26,27)28/h5-8,10-13,17H,3-4,9H2,1-2H3/p+1. The van der Waals surface area contributed by atoms with E-state index in [1.54, 1.807) is 13.4 Å². The van der Waals surface area contributed by atoms with Crippen molar-refractivity contribution in [3.05, 3.63) is 76.7 Å². The van der Waals surface area contributed by atoms with Gasteiger partial charge in [-0.2, -0.15) is 17.7 Å². The van der Waals surface area contributed by atoms with E-state index in [-0.39, 0.29) is 10.6 Å². The van der Waals surface area contributed by atoms with Crippen LogP contribution in [0, 0.1) is 6.92 Å². The Morgan fingerprint density at radius 2 is 2.00 bits per heavy atom. The summed E-state index contributed by atoms with van der Waals surface area (Å²) in [7, 11) is 1.54. The van der Waals surface area contributed by atoms with Crippen LogP contribution in [-0.4, -0.2) is 26.6 Å². The molecule has 0 bridgehead atoms. The van der Waals surface area contributed by atoms with Gasteiger partial charge in [0.05, 0.1) is 18.4 Å². The van der Waals surface area contributed by atoms with Crippen molar-refractivity contribution < 1.29 is 22.5 Å². The number of hydrogen-bond donors (Lipinski definition) is 1. The Balaban J connectivity index is 1.55. The summed E-state index contributed by atoms with van der Waals surface area (Å²) in [5.41, 5.74) is 2.39. The maximum atomic E-state index is 13.8. The van der Waals surface area contributed by atoms with Gasteiger partial charge < -0.3 is 9.30 Å². The van der Waals surface area contributed by atoms with Crippen molar-refractivity contribution in [1.29, 1.82) is 0 Å². The van der Waals surface area contributed by atoms with Gasteiger partial charge in [0, 0.05) is 30.6 Å². The molecule has 0 saturated carbocycles. The van der Waals surface area contributed by atoms with Gasteiger partial charge in [0.2, 0.25) is 6.33 Å². The first-order valence-electron chi connectivity index (χ1n) is 10.8. The molecule has 1 aliphatic rings. The third-order valence-corrected chi connectivity index (χ3v) is 6.28. The van der Waals surface area contributed by atoms with Gasteiger partial charge in [0.25, 0.3) is 5.88 Å². The first-order chi connectivity index (χ1) is 16.2. The Morgan fingerprint density at radius 1 is 1.18 bits per heavy atom. The maximum absolute atomic E-state index is 13.8. The van der Waals surface area contributed by atoms with E-state index in [0.717, 1.165) is 23.9 Å². The Morgan fingerprint density at radius 3 is 2.71 bits per heavy atom. The van der Waals surface area contributed by atoms with Crippen LogP contribution < -0.4 is 9.30 Å². The summed E-state index contributed by atoms with van der Waals surface area (Å²) >= 11 is 5.89. The number of methoxy groups -OCH3 is 1. The van der Waals surface area contributed by atoms with E-state index < -0.39 is 17.7 Å². The number of nitrogens with one attached hydrogen (secondary N) is 1. The monoisotopic (exact) mass is 488 g/mol. The lowest BCUT2D eigenvalue weighted by molar-refractivity contribution is -0.595. The average molecular weight is 489 g/mol. The molecule has 1 unspecified atom stereocenters. The minimum Gasteiger partial charge on any atom is -0.478 e. The molecular weight excluding hydrogens is 467 g/mol. The van der Waals surface area contributed by atoms with Gasteiger partial charge in [-0.1, -0.05) is 17.7 Å². The Kier molecular flexibility index (Phi) is 5.59. The van der Waals surface area contributed by atoms with Crippen LogP contribution in [0.4, 0.5) is 13.2 Å². The molecular formula is C24H22ClF3N5O+. The second-order valence-electron chi connectivity index (χ2n) is 8.32. The first-order valence-corrected chi connectivity index (χ1v) is 11.2. The maximum Gasteiger partial charge on any atom is 0.416 e. The van der Waals surface area contributed by atoms with E-state index in [1.807, 2.05) is 40.6 Å². The molecule has 0 spiro atoms. The zero-order valence-corrected chi connectivity index (χ0v) is 19.3. The van der Waals surface area contributed by atoms with Crippen molar-refractivity contribution in [3.63, 3.8) is 0 Å². The first kappa shape index (κ1) is 22.5. The number of rotatable bonds is 4. The van der Waals surface area contributed by atoms with E-state index in [2.05, 4.69) is 9.97 Å². The summed E-state index contributed by atoms with van der Waals surface area (Å²) in [6, 6.07) is 7.67. The van der Waals surface area contributed by atoms with Gasteiger partial charge in [0.15, 0.2) is 5.69 Å². The zero-order chi connectivity index (χ0) is 24.0. The summed E-state index contributed by atoms with van der Waals surface area (Å²) in [4.78, 5) is 12.5. The smallest absolute Gasteiger partial charge is 0.416 e. The normalized spacial score (nSPS) is 15.9. The molecule has 176 valence electrons. The SMILES string of the molecule is COc1nc(-c2cn3c(n2)C(c2ccc(Cl)cc2C(F)(F)F)CCC3)ccc1-[n+]1c[nH]c(C)c1. The summed E-state index contributed by atoms with van der Waals surface area (Å²) in [6.45, 7) is 2.63. The fourth-order valence-corrected chi connectivity index (χ4v) is 4.67. The number of H-pyrrole nitrogens is 1. The van der Waals surface area contributed by atoms with Gasteiger partial charge >= 0.3 is 6.18 Å². The Bertz CT molecular complexity index is 1360. The number of halogens is 4. The molecule has 6 nitrogen and oxygen atoms in total. The lowest BCUT2D eigenvalue weighted by atomic mass is 9.87. The van der Waals surface area contributed by atoms with E-state index in [9.17, 15) is 13.2 Å². The van der Waals surface area contributed by atoms with Gasteiger partial charge in [-0.3, -0.25) is 0 Å². The number of aromatic amines is 1. The van der Waals surface area contributed by atoms with Crippen LogP contribution in [-0.2, 0) is 12.7 Å². The van der Waals surface area contributed by atoms with E-state index in [0.29, 0.717) is 36.1 Å². The fourth-order valence-electron chi connectivity index (χ4n) is 4.49. The molecule has 0 fully saturated rings.